The molecule has 2 N–H and O–H groups in total. The van der Waals surface area contributed by atoms with Crippen molar-refractivity contribution in [2.45, 2.75) is 30.8 Å². The molecule has 0 aliphatic heterocycles. The Balaban J connectivity index is 2.02. The Bertz CT molecular complexity index is 777. The van der Waals surface area contributed by atoms with E-state index in [-0.39, 0.29) is 4.90 Å². The van der Waals surface area contributed by atoms with E-state index in [0.29, 0.717) is 13.0 Å². The quantitative estimate of drug-likeness (QED) is 0.804. The molecule has 128 valence electrons. The SMILES string of the molecule is CCC(NS(=O)(=O)c1ccc(F)cc1)C(=O)NCc1ccccc1. The smallest absolute Gasteiger partial charge is 0.241 e. The number of hydrogen-bond acceptors (Lipinski definition) is 3. The highest BCUT2D eigenvalue weighted by Crippen LogP contribution is 2.11. The molecule has 0 aromatic heterocycles. The third-order valence-electron chi connectivity index (χ3n) is 3.46. The molecule has 0 spiro atoms. The van der Waals surface area contributed by atoms with Crippen LogP contribution in [0.5, 0.6) is 0 Å². The van der Waals surface area contributed by atoms with Gasteiger partial charge < -0.3 is 5.32 Å². The molecule has 2 aromatic carbocycles. The third kappa shape index (κ3) is 4.87. The van der Waals surface area contributed by atoms with E-state index in [1.54, 1.807) is 6.92 Å². The predicted molar refractivity (Wildman–Crippen MR) is 89.1 cm³/mol. The van der Waals surface area contributed by atoms with Gasteiger partial charge in [0.2, 0.25) is 15.9 Å². The van der Waals surface area contributed by atoms with E-state index >= 15 is 0 Å². The van der Waals surface area contributed by atoms with Gasteiger partial charge in [0.15, 0.2) is 0 Å². The maximum atomic E-state index is 12.9. The second kappa shape index (κ2) is 8.03. The second-order valence-electron chi connectivity index (χ2n) is 5.24. The van der Waals surface area contributed by atoms with Gasteiger partial charge in [-0.3, -0.25) is 4.79 Å². The molecular weight excluding hydrogens is 331 g/mol. The van der Waals surface area contributed by atoms with Crippen LogP contribution in [0.2, 0.25) is 0 Å². The first kappa shape index (κ1) is 18.1. The summed E-state index contributed by atoms with van der Waals surface area (Å²) in [6.07, 6.45) is 0.293. The molecule has 0 saturated carbocycles. The lowest BCUT2D eigenvalue weighted by Crippen LogP contribution is -2.46. The van der Waals surface area contributed by atoms with Crippen LogP contribution in [0.1, 0.15) is 18.9 Å². The van der Waals surface area contributed by atoms with E-state index in [4.69, 9.17) is 0 Å². The molecule has 1 amide bonds. The lowest BCUT2D eigenvalue weighted by Gasteiger charge is -2.17. The van der Waals surface area contributed by atoms with Gasteiger partial charge in [-0.2, -0.15) is 4.72 Å². The predicted octanol–water partition coefficient (Wildman–Crippen LogP) is 2.20. The summed E-state index contributed by atoms with van der Waals surface area (Å²) in [5.74, 6) is -0.936. The van der Waals surface area contributed by atoms with Crippen molar-refractivity contribution < 1.29 is 17.6 Å². The van der Waals surface area contributed by atoms with Gasteiger partial charge in [0.05, 0.1) is 4.90 Å². The Hall–Kier alpha value is -2.25. The average Bonchev–Trinajstić information content (AvgIpc) is 2.59. The first-order chi connectivity index (χ1) is 11.4. The third-order valence-corrected chi connectivity index (χ3v) is 4.94. The summed E-state index contributed by atoms with van der Waals surface area (Å²) in [5, 5.41) is 2.71. The molecule has 0 fully saturated rings. The number of amides is 1. The molecule has 5 nitrogen and oxygen atoms in total. The van der Waals surface area contributed by atoms with Crippen molar-refractivity contribution in [3.8, 4) is 0 Å². The maximum Gasteiger partial charge on any atom is 0.241 e. The van der Waals surface area contributed by atoms with E-state index in [2.05, 4.69) is 10.0 Å². The molecule has 2 aromatic rings. The van der Waals surface area contributed by atoms with E-state index < -0.39 is 27.8 Å². The molecule has 0 heterocycles. The monoisotopic (exact) mass is 350 g/mol. The van der Waals surface area contributed by atoms with Gasteiger partial charge in [-0.15, -0.1) is 0 Å². The van der Waals surface area contributed by atoms with E-state index in [1.165, 1.54) is 0 Å². The molecular formula is C17H19FN2O3S. The lowest BCUT2D eigenvalue weighted by molar-refractivity contribution is -0.122. The number of nitrogens with one attached hydrogen (secondary N) is 2. The highest BCUT2D eigenvalue weighted by Gasteiger charge is 2.24. The summed E-state index contributed by atoms with van der Waals surface area (Å²) in [6.45, 7) is 2.02. The molecule has 1 unspecified atom stereocenters. The summed E-state index contributed by atoms with van der Waals surface area (Å²) in [5.41, 5.74) is 0.919. The zero-order valence-corrected chi connectivity index (χ0v) is 14.0. The van der Waals surface area contributed by atoms with Crippen molar-refractivity contribution >= 4 is 15.9 Å². The summed E-state index contributed by atoms with van der Waals surface area (Å²) < 4.78 is 39.8. The number of rotatable bonds is 7. The topological polar surface area (TPSA) is 75.3 Å². The fraction of sp³-hybridized carbons (Fsp3) is 0.235. The number of sulfonamides is 1. The highest BCUT2D eigenvalue weighted by molar-refractivity contribution is 7.89. The summed E-state index contributed by atoms with van der Waals surface area (Å²) in [7, 11) is -3.89. The van der Waals surface area contributed by atoms with Crippen LogP contribution in [-0.4, -0.2) is 20.4 Å². The van der Waals surface area contributed by atoms with E-state index in [0.717, 1.165) is 29.8 Å². The largest absolute Gasteiger partial charge is 0.351 e. The summed E-state index contributed by atoms with van der Waals surface area (Å²) in [6, 6.07) is 12.9. The van der Waals surface area contributed by atoms with Crippen LogP contribution < -0.4 is 10.0 Å². The Morgan fingerprint density at radius 1 is 1.08 bits per heavy atom. The highest BCUT2D eigenvalue weighted by atomic mass is 32.2. The fourth-order valence-electron chi connectivity index (χ4n) is 2.10. The van der Waals surface area contributed by atoms with E-state index in [1.807, 2.05) is 30.3 Å². The lowest BCUT2D eigenvalue weighted by atomic mass is 10.2. The van der Waals surface area contributed by atoms with Crippen molar-refractivity contribution in [1.82, 2.24) is 10.0 Å². The Morgan fingerprint density at radius 2 is 1.71 bits per heavy atom. The molecule has 0 radical (unpaired) electrons. The Morgan fingerprint density at radius 3 is 2.29 bits per heavy atom. The molecule has 2 rings (SSSR count). The van der Waals surface area contributed by atoms with Crippen molar-refractivity contribution in [2.75, 3.05) is 0 Å². The van der Waals surface area contributed by atoms with Crippen molar-refractivity contribution in [1.29, 1.82) is 0 Å². The standard InChI is InChI=1S/C17H19FN2O3S/c1-2-16(17(21)19-12-13-6-4-3-5-7-13)20-24(22,23)15-10-8-14(18)9-11-15/h3-11,16,20H,2,12H2,1H3,(H,19,21). The van der Waals surface area contributed by atoms with Crippen LogP contribution in [0.3, 0.4) is 0 Å². The van der Waals surface area contributed by atoms with E-state index in [9.17, 15) is 17.6 Å². The first-order valence-corrected chi connectivity index (χ1v) is 9.00. The molecule has 0 aliphatic rings. The van der Waals surface area contributed by atoms with Crippen LogP contribution in [0.15, 0.2) is 59.5 Å². The summed E-state index contributed by atoms with van der Waals surface area (Å²) in [4.78, 5) is 12.1. The first-order valence-electron chi connectivity index (χ1n) is 7.52. The van der Waals surface area contributed by atoms with Gasteiger partial charge in [0.1, 0.15) is 11.9 Å². The van der Waals surface area contributed by atoms with Crippen molar-refractivity contribution in [3.05, 3.63) is 66.0 Å². The fourth-order valence-corrected chi connectivity index (χ4v) is 3.38. The van der Waals surface area contributed by atoms with Gasteiger partial charge in [0.25, 0.3) is 0 Å². The molecule has 0 saturated heterocycles. The molecule has 7 heteroatoms. The minimum atomic E-state index is -3.89. The van der Waals surface area contributed by atoms with Gasteiger partial charge in [-0.25, -0.2) is 12.8 Å². The maximum absolute atomic E-state index is 12.9. The average molecular weight is 350 g/mol. The Kier molecular flexibility index (Phi) is 6.05. The summed E-state index contributed by atoms with van der Waals surface area (Å²) >= 11 is 0. The van der Waals surface area contributed by atoms with Crippen LogP contribution in [-0.2, 0) is 21.4 Å². The Labute approximate surface area is 141 Å². The minimum absolute atomic E-state index is 0.0850. The van der Waals surface area contributed by atoms with Gasteiger partial charge >= 0.3 is 0 Å². The number of carbonyl (C=O) groups excluding carboxylic acids is 1. The zero-order valence-electron chi connectivity index (χ0n) is 13.2. The minimum Gasteiger partial charge on any atom is -0.351 e. The molecule has 1 atom stereocenters. The molecule has 0 aliphatic carbocycles. The van der Waals surface area contributed by atoms with Crippen molar-refractivity contribution in [2.24, 2.45) is 0 Å². The van der Waals surface area contributed by atoms with Crippen LogP contribution in [0.4, 0.5) is 4.39 Å². The van der Waals surface area contributed by atoms with Gasteiger partial charge in [-0.1, -0.05) is 37.3 Å². The van der Waals surface area contributed by atoms with Crippen LogP contribution in [0, 0.1) is 5.82 Å². The van der Waals surface area contributed by atoms with Gasteiger partial charge in [0, 0.05) is 6.54 Å². The van der Waals surface area contributed by atoms with Gasteiger partial charge in [-0.05, 0) is 36.2 Å². The van der Waals surface area contributed by atoms with Crippen LogP contribution >= 0.6 is 0 Å². The normalized spacial score (nSPS) is 12.6. The number of benzene rings is 2. The molecule has 24 heavy (non-hydrogen) atoms. The number of halogens is 1. The molecule has 0 bridgehead atoms. The zero-order chi connectivity index (χ0) is 17.6. The number of carbonyl (C=O) groups is 1. The van der Waals surface area contributed by atoms with Crippen LogP contribution in [0.25, 0.3) is 0 Å². The second-order valence-corrected chi connectivity index (χ2v) is 6.95. The van der Waals surface area contributed by atoms with Crippen molar-refractivity contribution in [3.63, 3.8) is 0 Å². The number of hydrogen-bond donors (Lipinski definition) is 2.